The van der Waals surface area contributed by atoms with Crippen LogP contribution in [0.1, 0.15) is 30.9 Å². The van der Waals surface area contributed by atoms with Gasteiger partial charge in [-0.05, 0) is 36.8 Å². The van der Waals surface area contributed by atoms with Crippen LogP contribution in [-0.2, 0) is 10.0 Å². The van der Waals surface area contributed by atoms with Crippen LogP contribution in [0.5, 0.6) is 0 Å². The number of rotatable bonds is 4. The van der Waals surface area contributed by atoms with E-state index in [0.29, 0.717) is 18.1 Å². The van der Waals surface area contributed by atoms with Gasteiger partial charge in [-0.25, -0.2) is 12.7 Å². The molecule has 1 aliphatic rings. The summed E-state index contributed by atoms with van der Waals surface area (Å²) in [6.07, 6.45) is 7.13. The fourth-order valence-electron chi connectivity index (χ4n) is 2.69. The maximum atomic E-state index is 11.6. The zero-order chi connectivity index (χ0) is 14.8. The Hall–Kier alpha value is -0.690. The van der Waals surface area contributed by atoms with E-state index in [1.54, 1.807) is 16.7 Å². The van der Waals surface area contributed by atoms with E-state index in [1.165, 1.54) is 6.26 Å². The fraction of sp³-hybridized carbons (Fsp3) is 0.615. The highest BCUT2D eigenvalue weighted by molar-refractivity contribution is 7.88. The van der Waals surface area contributed by atoms with Crippen molar-refractivity contribution in [3.63, 3.8) is 0 Å². The van der Waals surface area contributed by atoms with Crippen LogP contribution in [0.3, 0.4) is 0 Å². The van der Waals surface area contributed by atoms with Crippen molar-refractivity contribution in [3.05, 3.63) is 29.0 Å². The van der Waals surface area contributed by atoms with Crippen LogP contribution in [0.2, 0.25) is 5.02 Å². The van der Waals surface area contributed by atoms with Crippen LogP contribution in [0.15, 0.2) is 18.5 Å². The van der Waals surface area contributed by atoms with Crippen molar-refractivity contribution in [3.8, 4) is 0 Å². The minimum Gasteiger partial charge on any atom is -0.324 e. The highest BCUT2D eigenvalue weighted by atomic mass is 35.5. The van der Waals surface area contributed by atoms with Gasteiger partial charge in [0.15, 0.2) is 0 Å². The van der Waals surface area contributed by atoms with E-state index in [9.17, 15) is 8.42 Å². The Bertz CT molecular complexity index is 564. The highest BCUT2D eigenvalue weighted by Gasteiger charge is 2.27. The van der Waals surface area contributed by atoms with Crippen LogP contribution >= 0.6 is 11.6 Å². The number of pyridine rings is 1. The number of halogens is 1. The monoisotopic (exact) mass is 317 g/mol. The largest absolute Gasteiger partial charge is 0.324 e. The molecular weight excluding hydrogens is 298 g/mol. The molecule has 1 fully saturated rings. The molecule has 1 saturated heterocycles. The van der Waals surface area contributed by atoms with Gasteiger partial charge in [-0.3, -0.25) is 4.98 Å². The van der Waals surface area contributed by atoms with Crippen molar-refractivity contribution in [1.82, 2.24) is 9.29 Å². The quantitative estimate of drug-likeness (QED) is 0.918. The van der Waals surface area contributed by atoms with Gasteiger partial charge in [0.25, 0.3) is 0 Å². The van der Waals surface area contributed by atoms with Crippen LogP contribution in [0, 0.1) is 5.92 Å². The third-order valence-corrected chi connectivity index (χ3v) is 5.33. The number of hydrogen-bond donors (Lipinski definition) is 1. The lowest BCUT2D eigenvalue weighted by Crippen LogP contribution is -2.40. The van der Waals surface area contributed by atoms with Gasteiger partial charge in [-0.15, -0.1) is 0 Å². The van der Waals surface area contributed by atoms with Gasteiger partial charge in [0.2, 0.25) is 10.0 Å². The van der Waals surface area contributed by atoms with E-state index < -0.39 is 10.0 Å². The summed E-state index contributed by atoms with van der Waals surface area (Å²) in [5.74, 6) is 0.276. The molecule has 0 saturated carbocycles. The number of aromatic nitrogens is 1. The zero-order valence-electron chi connectivity index (χ0n) is 11.5. The molecule has 0 aliphatic carbocycles. The van der Waals surface area contributed by atoms with Crippen LogP contribution in [0.4, 0.5) is 0 Å². The van der Waals surface area contributed by atoms with Crippen LogP contribution in [0.25, 0.3) is 0 Å². The minimum atomic E-state index is -3.11. The second kappa shape index (κ2) is 6.39. The second-order valence-corrected chi connectivity index (χ2v) is 7.76. The molecule has 0 aromatic carbocycles. The SMILES string of the molecule is CS(=O)(=O)N1CCCC(CC(N)c2ccncc2Cl)C1. The molecule has 2 atom stereocenters. The summed E-state index contributed by atoms with van der Waals surface area (Å²) in [4.78, 5) is 3.94. The van der Waals surface area contributed by atoms with Crippen molar-refractivity contribution in [2.45, 2.75) is 25.3 Å². The lowest BCUT2D eigenvalue weighted by atomic mass is 9.90. The highest BCUT2D eigenvalue weighted by Crippen LogP contribution is 2.29. The van der Waals surface area contributed by atoms with Gasteiger partial charge < -0.3 is 5.73 Å². The maximum absolute atomic E-state index is 11.6. The third kappa shape index (κ3) is 3.91. The van der Waals surface area contributed by atoms with Crippen molar-refractivity contribution < 1.29 is 8.42 Å². The van der Waals surface area contributed by atoms with Gasteiger partial charge in [0, 0.05) is 31.5 Å². The smallest absolute Gasteiger partial charge is 0.211 e. The predicted molar refractivity (Wildman–Crippen MR) is 79.9 cm³/mol. The number of nitrogens with zero attached hydrogens (tertiary/aromatic N) is 2. The first kappa shape index (κ1) is 15.7. The summed E-state index contributed by atoms with van der Waals surface area (Å²) in [5, 5.41) is 0.566. The Morgan fingerprint density at radius 1 is 1.60 bits per heavy atom. The lowest BCUT2D eigenvalue weighted by molar-refractivity contribution is 0.247. The zero-order valence-corrected chi connectivity index (χ0v) is 13.1. The van der Waals surface area contributed by atoms with E-state index in [2.05, 4.69) is 4.98 Å². The molecule has 0 radical (unpaired) electrons. The van der Waals surface area contributed by atoms with Crippen LogP contribution in [-0.4, -0.2) is 37.1 Å². The Morgan fingerprint density at radius 2 is 2.35 bits per heavy atom. The first-order valence-corrected chi connectivity index (χ1v) is 8.90. The molecule has 7 heteroatoms. The Kier molecular flexibility index (Phi) is 5.01. The standard InChI is InChI=1S/C13H20ClN3O2S/c1-20(18,19)17-6-2-3-10(9-17)7-13(15)11-4-5-16-8-12(11)14/h4-5,8,10,13H,2-3,6-7,9,15H2,1H3. The topological polar surface area (TPSA) is 76.3 Å². The van der Waals surface area contributed by atoms with Gasteiger partial charge in [0.05, 0.1) is 11.3 Å². The Morgan fingerprint density at radius 3 is 3.00 bits per heavy atom. The molecule has 0 spiro atoms. The second-order valence-electron chi connectivity index (χ2n) is 5.37. The Labute approximate surface area is 125 Å². The molecule has 20 heavy (non-hydrogen) atoms. The number of piperidine rings is 1. The van der Waals surface area contributed by atoms with Gasteiger partial charge in [0.1, 0.15) is 0 Å². The Balaban J connectivity index is 2.01. The normalized spacial score (nSPS) is 22.6. The molecule has 1 aromatic rings. The van der Waals surface area contributed by atoms with E-state index in [0.717, 1.165) is 24.8 Å². The summed E-state index contributed by atoms with van der Waals surface area (Å²) in [6.45, 7) is 1.16. The third-order valence-electron chi connectivity index (χ3n) is 3.74. The molecule has 1 aromatic heterocycles. The summed E-state index contributed by atoms with van der Waals surface area (Å²) >= 11 is 6.09. The number of nitrogens with two attached hydrogens (primary N) is 1. The van der Waals surface area contributed by atoms with Crippen LogP contribution < -0.4 is 5.73 Å². The van der Waals surface area contributed by atoms with E-state index >= 15 is 0 Å². The van der Waals surface area contributed by atoms with E-state index in [4.69, 9.17) is 17.3 Å². The first-order chi connectivity index (χ1) is 9.38. The molecule has 2 unspecified atom stereocenters. The summed E-state index contributed by atoms with van der Waals surface area (Å²) in [6, 6.07) is 1.64. The first-order valence-electron chi connectivity index (χ1n) is 6.68. The van der Waals surface area contributed by atoms with Crippen molar-refractivity contribution >= 4 is 21.6 Å². The average Bonchev–Trinajstić information content (AvgIpc) is 2.38. The van der Waals surface area contributed by atoms with Gasteiger partial charge in [-0.2, -0.15) is 0 Å². The molecule has 2 rings (SSSR count). The number of sulfonamides is 1. The molecule has 2 heterocycles. The van der Waals surface area contributed by atoms with Gasteiger partial charge >= 0.3 is 0 Å². The fourth-order valence-corrected chi connectivity index (χ4v) is 3.90. The van der Waals surface area contributed by atoms with Crippen molar-refractivity contribution in [2.24, 2.45) is 11.7 Å². The molecule has 1 aliphatic heterocycles. The molecule has 112 valence electrons. The summed E-state index contributed by atoms with van der Waals surface area (Å²) in [5.41, 5.74) is 7.07. The van der Waals surface area contributed by atoms with E-state index in [1.807, 2.05) is 6.07 Å². The van der Waals surface area contributed by atoms with Gasteiger partial charge in [-0.1, -0.05) is 11.6 Å². The summed E-state index contributed by atoms with van der Waals surface area (Å²) < 4.78 is 24.8. The van der Waals surface area contributed by atoms with Crippen molar-refractivity contribution in [1.29, 1.82) is 0 Å². The predicted octanol–water partition coefficient (Wildman–Crippen LogP) is 1.80. The molecule has 2 N–H and O–H groups in total. The average molecular weight is 318 g/mol. The molecular formula is C13H20ClN3O2S. The van der Waals surface area contributed by atoms with E-state index in [-0.39, 0.29) is 12.0 Å². The summed E-state index contributed by atoms with van der Waals surface area (Å²) in [7, 11) is -3.11. The molecule has 5 nitrogen and oxygen atoms in total. The maximum Gasteiger partial charge on any atom is 0.211 e. The number of hydrogen-bond acceptors (Lipinski definition) is 4. The molecule has 0 amide bonds. The van der Waals surface area contributed by atoms with Crippen molar-refractivity contribution in [2.75, 3.05) is 19.3 Å². The lowest BCUT2D eigenvalue weighted by Gasteiger charge is -2.32. The minimum absolute atomic E-state index is 0.185. The molecule has 0 bridgehead atoms.